The molecule has 0 spiro atoms. The molecule has 1 amide bonds. The highest BCUT2D eigenvalue weighted by molar-refractivity contribution is 7.14. The van der Waals surface area contributed by atoms with E-state index in [0.29, 0.717) is 16.5 Å². The lowest BCUT2D eigenvalue weighted by Gasteiger charge is -2.08. The van der Waals surface area contributed by atoms with Crippen LogP contribution >= 0.6 is 11.3 Å². The van der Waals surface area contributed by atoms with Gasteiger partial charge in [0.05, 0.1) is 18.8 Å². The summed E-state index contributed by atoms with van der Waals surface area (Å²) in [6.45, 7) is 4.00. The van der Waals surface area contributed by atoms with Crippen molar-refractivity contribution in [3.05, 3.63) is 59.5 Å². The predicted molar refractivity (Wildman–Crippen MR) is 116 cm³/mol. The minimum absolute atomic E-state index is 0.110. The number of carbonyl (C=O) groups is 1. The smallest absolute Gasteiger partial charge is 0.257 e. The van der Waals surface area contributed by atoms with E-state index >= 15 is 0 Å². The van der Waals surface area contributed by atoms with Gasteiger partial charge in [-0.05, 0) is 60.7 Å². The molecule has 2 aromatic heterocycles. The van der Waals surface area contributed by atoms with Crippen LogP contribution < -0.4 is 10.1 Å². The van der Waals surface area contributed by atoms with Gasteiger partial charge in [0.25, 0.3) is 5.91 Å². The topological polar surface area (TPSA) is 94.8 Å². The highest BCUT2D eigenvalue weighted by atomic mass is 32.1. The van der Waals surface area contributed by atoms with E-state index in [2.05, 4.69) is 25.8 Å². The third kappa shape index (κ3) is 4.06. The van der Waals surface area contributed by atoms with Gasteiger partial charge < -0.3 is 4.74 Å². The summed E-state index contributed by atoms with van der Waals surface area (Å²) in [6.07, 6.45) is 0. The van der Waals surface area contributed by atoms with Crippen LogP contribution in [0.2, 0.25) is 0 Å². The van der Waals surface area contributed by atoms with Crippen molar-refractivity contribution in [2.45, 2.75) is 19.9 Å². The fraction of sp³-hybridized carbons (Fsp3) is 0.190. The average molecular weight is 420 g/mol. The van der Waals surface area contributed by atoms with E-state index < -0.39 is 0 Å². The number of nitrogens with zero attached hydrogens (tertiary/aromatic N) is 5. The molecule has 4 aromatic rings. The molecule has 30 heavy (non-hydrogen) atoms. The molecule has 0 aliphatic rings. The number of amides is 1. The number of hydrogen-bond donors (Lipinski definition) is 1. The molecule has 0 radical (unpaired) electrons. The van der Waals surface area contributed by atoms with E-state index in [1.54, 1.807) is 23.9 Å². The van der Waals surface area contributed by atoms with Crippen molar-refractivity contribution in [2.24, 2.45) is 0 Å². The molecular formula is C21H20N6O2S. The molecule has 0 saturated heterocycles. The third-order valence-electron chi connectivity index (χ3n) is 4.48. The number of aromatic nitrogens is 5. The Morgan fingerprint density at radius 3 is 2.67 bits per heavy atom. The molecule has 0 aliphatic heterocycles. The zero-order valence-electron chi connectivity index (χ0n) is 16.7. The Kier molecular flexibility index (Phi) is 5.53. The maximum atomic E-state index is 12.8. The van der Waals surface area contributed by atoms with Crippen LogP contribution in [0.4, 0.5) is 5.13 Å². The maximum Gasteiger partial charge on any atom is 0.257 e. The number of carbonyl (C=O) groups excluding carboxylic acids is 1. The van der Waals surface area contributed by atoms with Crippen molar-refractivity contribution < 1.29 is 9.53 Å². The first-order valence-electron chi connectivity index (χ1n) is 9.35. The summed E-state index contributed by atoms with van der Waals surface area (Å²) in [5.74, 6) is 1.16. The van der Waals surface area contributed by atoms with Crippen LogP contribution in [0, 0.1) is 0 Å². The van der Waals surface area contributed by atoms with Crippen molar-refractivity contribution in [3.8, 4) is 28.4 Å². The van der Waals surface area contributed by atoms with Gasteiger partial charge in [-0.3, -0.25) is 10.1 Å². The summed E-state index contributed by atoms with van der Waals surface area (Å²) in [4.78, 5) is 17.3. The molecular weight excluding hydrogens is 400 g/mol. The van der Waals surface area contributed by atoms with Crippen LogP contribution in [-0.4, -0.2) is 38.2 Å². The first-order valence-corrected chi connectivity index (χ1v) is 10.2. The van der Waals surface area contributed by atoms with Crippen LogP contribution in [-0.2, 0) is 0 Å². The van der Waals surface area contributed by atoms with E-state index in [-0.39, 0.29) is 11.9 Å². The molecule has 2 heterocycles. The monoisotopic (exact) mass is 420 g/mol. The summed E-state index contributed by atoms with van der Waals surface area (Å²) >= 11 is 1.37. The van der Waals surface area contributed by atoms with Gasteiger partial charge in [-0.25, -0.2) is 9.67 Å². The summed E-state index contributed by atoms with van der Waals surface area (Å²) in [5, 5.41) is 17.2. The number of benzene rings is 2. The second-order valence-corrected chi connectivity index (χ2v) is 7.70. The standard InChI is InChI=1S/C21H20N6O2S/c1-13(2)27-19(24-25-26-27)15-5-4-6-16(11-15)20(28)23-21-22-18(12-30-21)14-7-9-17(29-3)10-8-14/h4-13H,1-3H3,(H,22,23,28). The first kappa shape index (κ1) is 19.7. The summed E-state index contributed by atoms with van der Waals surface area (Å²) in [5.41, 5.74) is 3.03. The average Bonchev–Trinajstić information content (AvgIpc) is 3.44. The fourth-order valence-corrected chi connectivity index (χ4v) is 3.64. The van der Waals surface area contributed by atoms with Crippen molar-refractivity contribution in [1.82, 2.24) is 25.2 Å². The number of tetrazole rings is 1. The van der Waals surface area contributed by atoms with Crippen LogP contribution in [0.15, 0.2) is 53.9 Å². The van der Waals surface area contributed by atoms with Crippen molar-refractivity contribution in [3.63, 3.8) is 0 Å². The van der Waals surface area contributed by atoms with Gasteiger partial charge in [0.2, 0.25) is 0 Å². The van der Waals surface area contributed by atoms with Gasteiger partial charge in [0.15, 0.2) is 11.0 Å². The van der Waals surface area contributed by atoms with Gasteiger partial charge in [-0.15, -0.1) is 16.4 Å². The second kappa shape index (κ2) is 8.42. The number of anilines is 1. The Hall–Kier alpha value is -3.59. The highest BCUT2D eigenvalue weighted by Gasteiger charge is 2.15. The number of methoxy groups -OCH3 is 1. The lowest BCUT2D eigenvalue weighted by Crippen LogP contribution is -2.12. The molecule has 0 saturated carbocycles. The molecule has 0 aliphatic carbocycles. The Bertz CT molecular complexity index is 1170. The molecule has 152 valence electrons. The van der Waals surface area contributed by atoms with Crippen LogP contribution in [0.1, 0.15) is 30.2 Å². The van der Waals surface area contributed by atoms with Crippen LogP contribution in [0.5, 0.6) is 5.75 Å². The molecule has 4 rings (SSSR count). The minimum atomic E-state index is -0.240. The van der Waals surface area contributed by atoms with Crippen molar-refractivity contribution >= 4 is 22.4 Å². The number of thiazole rings is 1. The zero-order chi connectivity index (χ0) is 21.1. The highest BCUT2D eigenvalue weighted by Crippen LogP contribution is 2.27. The van der Waals surface area contributed by atoms with E-state index in [4.69, 9.17) is 4.74 Å². The normalized spacial score (nSPS) is 10.9. The summed E-state index contributed by atoms with van der Waals surface area (Å²) in [7, 11) is 1.63. The van der Waals surface area contributed by atoms with Gasteiger partial charge in [-0.2, -0.15) is 0 Å². The number of rotatable bonds is 6. The summed E-state index contributed by atoms with van der Waals surface area (Å²) < 4.78 is 6.90. The largest absolute Gasteiger partial charge is 0.497 e. The van der Waals surface area contributed by atoms with Gasteiger partial charge in [0, 0.05) is 22.1 Å². The van der Waals surface area contributed by atoms with E-state index in [1.165, 1.54) is 11.3 Å². The Labute approximate surface area is 177 Å². The quantitative estimate of drug-likeness (QED) is 0.500. The third-order valence-corrected chi connectivity index (χ3v) is 5.23. The van der Waals surface area contributed by atoms with E-state index in [1.807, 2.05) is 55.6 Å². The summed E-state index contributed by atoms with van der Waals surface area (Å²) in [6, 6.07) is 15.0. The SMILES string of the molecule is COc1ccc(-c2csc(NC(=O)c3cccc(-c4nnnn4C(C)C)c3)n2)cc1. The molecule has 2 aromatic carbocycles. The second-order valence-electron chi connectivity index (χ2n) is 6.84. The van der Waals surface area contributed by atoms with Crippen LogP contribution in [0.25, 0.3) is 22.6 Å². The molecule has 0 atom stereocenters. The van der Waals surface area contributed by atoms with Crippen LogP contribution in [0.3, 0.4) is 0 Å². The fourth-order valence-electron chi connectivity index (χ4n) is 2.93. The van der Waals surface area contributed by atoms with Gasteiger partial charge in [0.1, 0.15) is 5.75 Å². The van der Waals surface area contributed by atoms with Crippen molar-refractivity contribution in [2.75, 3.05) is 12.4 Å². The Morgan fingerprint density at radius 2 is 1.93 bits per heavy atom. The minimum Gasteiger partial charge on any atom is -0.497 e. The molecule has 0 unspecified atom stereocenters. The van der Waals surface area contributed by atoms with Gasteiger partial charge >= 0.3 is 0 Å². The van der Waals surface area contributed by atoms with Gasteiger partial charge in [-0.1, -0.05) is 12.1 Å². The zero-order valence-corrected chi connectivity index (χ0v) is 17.6. The molecule has 1 N–H and O–H groups in total. The first-order chi connectivity index (χ1) is 14.5. The predicted octanol–water partition coefficient (Wildman–Crippen LogP) is 4.31. The maximum absolute atomic E-state index is 12.8. The lowest BCUT2D eigenvalue weighted by atomic mass is 10.1. The van der Waals surface area contributed by atoms with E-state index in [9.17, 15) is 4.79 Å². The molecule has 8 nitrogen and oxygen atoms in total. The number of nitrogens with one attached hydrogen (secondary N) is 1. The van der Waals surface area contributed by atoms with Crippen molar-refractivity contribution in [1.29, 1.82) is 0 Å². The number of hydrogen-bond acceptors (Lipinski definition) is 7. The molecule has 0 bridgehead atoms. The van der Waals surface area contributed by atoms with E-state index in [0.717, 1.165) is 22.6 Å². The Morgan fingerprint density at radius 1 is 1.13 bits per heavy atom. The molecule has 9 heteroatoms. The Balaban J connectivity index is 1.52. The number of ether oxygens (including phenoxy) is 1. The lowest BCUT2D eigenvalue weighted by molar-refractivity contribution is 0.102. The molecule has 0 fully saturated rings.